The number of fused-ring (bicyclic) bond motifs is 2. The average molecular weight is 578 g/mol. The smallest absolute Gasteiger partial charge is 0.262 e. The van der Waals surface area contributed by atoms with Crippen LogP contribution in [0.5, 0.6) is 0 Å². The average Bonchev–Trinajstić information content (AvgIpc) is 3.56. The molecule has 1 atom stereocenters. The Morgan fingerprint density at radius 3 is 2.56 bits per heavy atom. The molecule has 218 valence electrons. The predicted octanol–water partition coefficient (Wildman–Crippen LogP) is 3.69. The lowest BCUT2D eigenvalue weighted by molar-refractivity contribution is -0.136. The van der Waals surface area contributed by atoms with Crippen molar-refractivity contribution in [1.82, 2.24) is 34.8 Å². The van der Waals surface area contributed by atoms with E-state index in [2.05, 4.69) is 27.4 Å². The molecule has 43 heavy (non-hydrogen) atoms. The van der Waals surface area contributed by atoms with Crippen LogP contribution in [0, 0.1) is 5.92 Å². The summed E-state index contributed by atoms with van der Waals surface area (Å²) in [7, 11) is 1.95. The lowest BCUT2D eigenvalue weighted by Crippen LogP contribution is -2.54. The summed E-state index contributed by atoms with van der Waals surface area (Å²) in [6.45, 7) is 0. The van der Waals surface area contributed by atoms with E-state index in [1.165, 1.54) is 12.8 Å². The van der Waals surface area contributed by atoms with E-state index in [1.807, 2.05) is 30.2 Å². The molecule has 1 saturated heterocycles. The number of benzene rings is 1. The highest BCUT2D eigenvalue weighted by atomic mass is 16.2. The molecule has 5 heterocycles. The van der Waals surface area contributed by atoms with Crippen LogP contribution in [-0.2, 0) is 23.1 Å². The van der Waals surface area contributed by atoms with Gasteiger partial charge in [0.05, 0.1) is 40.3 Å². The number of hydrogen-bond acceptors (Lipinski definition) is 7. The summed E-state index contributed by atoms with van der Waals surface area (Å²) in [6.07, 6.45) is 12.4. The predicted molar refractivity (Wildman–Crippen MR) is 155 cm³/mol. The summed E-state index contributed by atoms with van der Waals surface area (Å²) < 4.78 is 4.03. The Labute approximate surface area is 247 Å². The van der Waals surface area contributed by atoms with Crippen molar-refractivity contribution in [2.75, 3.05) is 0 Å². The molecule has 2 aliphatic carbocycles. The van der Waals surface area contributed by atoms with Crippen LogP contribution in [0.3, 0.4) is 0 Å². The van der Waals surface area contributed by atoms with Gasteiger partial charge in [-0.25, -0.2) is 0 Å². The number of carbonyl (C=O) groups is 4. The van der Waals surface area contributed by atoms with Crippen molar-refractivity contribution in [3.05, 3.63) is 65.2 Å². The molecule has 11 nitrogen and oxygen atoms in total. The van der Waals surface area contributed by atoms with Gasteiger partial charge in [0.15, 0.2) is 0 Å². The number of nitrogens with zero attached hydrogens (tertiary/aromatic N) is 6. The summed E-state index contributed by atoms with van der Waals surface area (Å²) in [5.41, 5.74) is 5.94. The van der Waals surface area contributed by atoms with Gasteiger partial charge in [0, 0.05) is 42.7 Å². The number of rotatable bonds is 7. The molecule has 3 aromatic heterocycles. The molecule has 1 aromatic carbocycles. The monoisotopic (exact) mass is 577 g/mol. The zero-order valence-electron chi connectivity index (χ0n) is 23.8. The molecule has 4 aliphatic rings. The Kier molecular flexibility index (Phi) is 5.85. The van der Waals surface area contributed by atoms with Gasteiger partial charge >= 0.3 is 0 Å². The third-order valence-corrected chi connectivity index (χ3v) is 9.56. The Morgan fingerprint density at radius 1 is 0.953 bits per heavy atom. The van der Waals surface area contributed by atoms with E-state index in [4.69, 9.17) is 10.1 Å². The van der Waals surface area contributed by atoms with Gasteiger partial charge in [-0.15, -0.1) is 0 Å². The van der Waals surface area contributed by atoms with E-state index in [1.54, 1.807) is 12.1 Å². The number of carbonyl (C=O) groups excluding carboxylic acids is 4. The minimum atomic E-state index is -0.947. The summed E-state index contributed by atoms with van der Waals surface area (Å²) in [4.78, 5) is 55.8. The van der Waals surface area contributed by atoms with Crippen LogP contribution in [0.2, 0.25) is 0 Å². The highest BCUT2D eigenvalue weighted by Gasteiger charge is 2.44. The van der Waals surface area contributed by atoms with Crippen LogP contribution in [0.1, 0.15) is 88.9 Å². The van der Waals surface area contributed by atoms with Crippen molar-refractivity contribution in [2.45, 2.75) is 69.4 Å². The van der Waals surface area contributed by atoms with Crippen molar-refractivity contribution in [1.29, 1.82) is 0 Å². The quantitative estimate of drug-likeness (QED) is 0.331. The number of hydrogen-bond donors (Lipinski definition) is 1. The molecular weight excluding hydrogens is 546 g/mol. The molecule has 11 heteroatoms. The molecule has 2 saturated carbocycles. The summed E-state index contributed by atoms with van der Waals surface area (Å²) in [6, 6.07) is 6.92. The molecule has 0 bridgehead atoms. The van der Waals surface area contributed by atoms with E-state index in [0.29, 0.717) is 29.0 Å². The third-order valence-electron chi connectivity index (χ3n) is 9.56. The molecule has 4 amide bonds. The van der Waals surface area contributed by atoms with Crippen molar-refractivity contribution < 1.29 is 19.2 Å². The number of piperidine rings is 1. The molecule has 0 radical (unpaired) electrons. The minimum absolute atomic E-state index is 0.108. The lowest BCUT2D eigenvalue weighted by atomic mass is 9.77. The minimum Gasteiger partial charge on any atom is -0.295 e. The molecule has 4 aromatic rings. The number of pyridine rings is 1. The van der Waals surface area contributed by atoms with Gasteiger partial charge in [0.1, 0.15) is 6.04 Å². The van der Waals surface area contributed by atoms with Gasteiger partial charge in [-0.1, -0.05) is 6.07 Å². The van der Waals surface area contributed by atoms with Crippen LogP contribution < -0.4 is 5.32 Å². The molecule has 2 aliphatic heterocycles. The van der Waals surface area contributed by atoms with E-state index in [0.717, 1.165) is 64.0 Å². The largest absolute Gasteiger partial charge is 0.295 e. The zero-order valence-corrected chi connectivity index (χ0v) is 23.8. The Balaban J connectivity index is 0.925. The number of nitrogens with one attached hydrogen (secondary N) is 1. The first-order valence-electron chi connectivity index (χ1n) is 15.1. The zero-order chi connectivity index (χ0) is 29.4. The second-order valence-electron chi connectivity index (χ2n) is 12.4. The lowest BCUT2D eigenvalue weighted by Gasteiger charge is -2.35. The maximum atomic E-state index is 13.2. The maximum Gasteiger partial charge on any atom is 0.262 e. The number of imide groups is 2. The molecule has 1 unspecified atom stereocenters. The molecule has 8 rings (SSSR count). The molecule has 3 fully saturated rings. The van der Waals surface area contributed by atoms with Gasteiger partial charge in [-0.3, -0.25) is 43.7 Å². The van der Waals surface area contributed by atoms with Gasteiger partial charge in [-0.2, -0.15) is 10.2 Å². The fourth-order valence-electron chi connectivity index (χ4n) is 6.84. The van der Waals surface area contributed by atoms with Gasteiger partial charge in [0.25, 0.3) is 11.8 Å². The highest BCUT2D eigenvalue weighted by molar-refractivity contribution is 6.23. The van der Waals surface area contributed by atoms with Crippen LogP contribution in [0.4, 0.5) is 0 Å². The standard InChI is InChI=1S/C32H31N7O4/c1-37-27-13-25(33-14-20(27)15-34-37)24-16-38(36-29(24)19-5-6-19)21-10-18(11-21)3-2-17-4-7-22-23(12-17)32(43)39(31(22)42)26-8-9-28(40)35-30(26)41/h4,7,12-16,18-19,21,26H,2-3,5-6,8-11H2,1H3,(H,35,40,41)/t18-,21-,26?. The normalized spacial score (nSPS) is 23.6. The maximum absolute atomic E-state index is 13.2. The third kappa shape index (κ3) is 4.36. The first kappa shape index (κ1) is 26.0. The van der Waals surface area contributed by atoms with Crippen LogP contribution in [0.25, 0.3) is 22.2 Å². The van der Waals surface area contributed by atoms with Gasteiger partial charge in [-0.05, 0) is 74.6 Å². The Morgan fingerprint density at radius 2 is 1.77 bits per heavy atom. The molecular formula is C32H31N7O4. The number of aryl methyl sites for hydroxylation is 2. The number of aromatic nitrogens is 5. The van der Waals surface area contributed by atoms with Crippen molar-refractivity contribution in [2.24, 2.45) is 13.0 Å². The fourth-order valence-corrected chi connectivity index (χ4v) is 6.84. The summed E-state index contributed by atoms with van der Waals surface area (Å²) in [5, 5.41) is 12.7. The molecule has 0 spiro atoms. The number of amides is 4. The van der Waals surface area contributed by atoms with Crippen LogP contribution in [-0.4, -0.2) is 59.1 Å². The van der Waals surface area contributed by atoms with E-state index < -0.39 is 23.8 Å². The van der Waals surface area contributed by atoms with Crippen LogP contribution >= 0.6 is 0 Å². The Hall–Kier alpha value is -4.67. The SMILES string of the molecule is Cn1ncc2cnc(-c3cn([C@H]4C[C@H](CCc5ccc6c(c5)C(=O)N(C5CCC(=O)NC5=O)C6=O)C4)nc3C3CC3)cc21. The first-order chi connectivity index (χ1) is 20.8. The topological polar surface area (TPSA) is 132 Å². The second kappa shape index (κ2) is 9.68. The van der Waals surface area contributed by atoms with E-state index in [-0.39, 0.29) is 18.7 Å². The second-order valence-corrected chi connectivity index (χ2v) is 12.4. The van der Waals surface area contributed by atoms with Gasteiger partial charge in [0.2, 0.25) is 11.8 Å². The fraction of sp³-hybridized carbons (Fsp3) is 0.406. The van der Waals surface area contributed by atoms with Crippen LogP contribution in [0.15, 0.2) is 42.9 Å². The molecule has 1 N–H and O–H groups in total. The van der Waals surface area contributed by atoms with Crippen molar-refractivity contribution >= 4 is 34.5 Å². The van der Waals surface area contributed by atoms with Crippen molar-refractivity contribution in [3.8, 4) is 11.3 Å². The summed E-state index contributed by atoms with van der Waals surface area (Å²) in [5.74, 6) is -0.840. The first-order valence-corrected chi connectivity index (χ1v) is 15.1. The van der Waals surface area contributed by atoms with E-state index >= 15 is 0 Å². The Bertz CT molecular complexity index is 1850. The van der Waals surface area contributed by atoms with E-state index in [9.17, 15) is 19.2 Å². The van der Waals surface area contributed by atoms with Gasteiger partial charge < -0.3 is 0 Å². The van der Waals surface area contributed by atoms with Crippen molar-refractivity contribution in [3.63, 3.8) is 0 Å². The summed E-state index contributed by atoms with van der Waals surface area (Å²) >= 11 is 0. The highest BCUT2D eigenvalue weighted by Crippen LogP contribution is 2.46.